The molecule has 0 aliphatic carbocycles. The molecule has 50 heavy (non-hydrogen) atoms. The lowest BCUT2D eigenvalue weighted by Gasteiger charge is -2.18. The highest BCUT2D eigenvalue weighted by Gasteiger charge is 2.23. The molecule has 0 spiro atoms. The van der Waals surface area contributed by atoms with Crippen LogP contribution in [0.3, 0.4) is 0 Å². The Morgan fingerprint density at radius 2 is 1.44 bits per heavy atom. The second-order valence-electron chi connectivity index (χ2n) is 11.1. The lowest BCUT2D eigenvalue weighted by molar-refractivity contribution is -0.116. The molecule has 0 aromatic heterocycles. The predicted octanol–water partition coefficient (Wildman–Crippen LogP) is 9.65. The summed E-state index contributed by atoms with van der Waals surface area (Å²) in [5, 5.41) is 7.83. The van der Waals surface area contributed by atoms with Gasteiger partial charge in [0.2, 0.25) is 5.91 Å². The standard InChI is InChI=1S/C40H35BrFN3O4S/c1-2-3-25-49-32-21-17-30(18-22-32)44-40(48)37(28-9-5-4-6-10-28)50-33-23-19-31(20-24-33)43-39(47)36(26-27-13-15-29(41)16-14-27)45-38(46)34-11-7-8-12-35(34)42/h4-24,26,37H,2-3,25H2,1H3,(H,43,47)(H,44,48)(H,45,46)/b36-26-/t37-/m1/s1. The molecule has 7 nitrogen and oxygen atoms in total. The molecular weight excluding hydrogens is 717 g/mol. The van der Waals surface area contributed by atoms with Gasteiger partial charge in [-0.05, 0) is 96.4 Å². The third-order valence-electron chi connectivity index (χ3n) is 7.39. The van der Waals surface area contributed by atoms with E-state index in [0.717, 1.165) is 33.5 Å². The lowest BCUT2D eigenvalue weighted by atomic mass is 10.1. The van der Waals surface area contributed by atoms with Gasteiger partial charge in [-0.3, -0.25) is 14.4 Å². The van der Waals surface area contributed by atoms with Crippen molar-refractivity contribution in [3.63, 3.8) is 0 Å². The number of hydrogen-bond acceptors (Lipinski definition) is 5. The van der Waals surface area contributed by atoms with Gasteiger partial charge in [0.15, 0.2) is 0 Å². The second kappa shape index (κ2) is 18.0. The van der Waals surface area contributed by atoms with Crippen LogP contribution in [0.2, 0.25) is 0 Å². The first kappa shape index (κ1) is 36.1. The second-order valence-corrected chi connectivity index (χ2v) is 13.2. The number of halogens is 2. The Balaban J connectivity index is 1.29. The Morgan fingerprint density at radius 3 is 2.12 bits per heavy atom. The van der Waals surface area contributed by atoms with Crippen LogP contribution in [-0.4, -0.2) is 24.3 Å². The monoisotopic (exact) mass is 751 g/mol. The Labute approximate surface area is 303 Å². The van der Waals surface area contributed by atoms with Crippen LogP contribution in [0.5, 0.6) is 5.75 Å². The van der Waals surface area contributed by atoms with Crippen LogP contribution >= 0.6 is 27.7 Å². The summed E-state index contributed by atoms with van der Waals surface area (Å²) in [6.45, 7) is 2.75. The minimum absolute atomic E-state index is 0.0691. The number of nitrogens with one attached hydrogen (secondary N) is 3. The average Bonchev–Trinajstić information content (AvgIpc) is 3.13. The van der Waals surface area contributed by atoms with E-state index in [1.54, 1.807) is 42.5 Å². The van der Waals surface area contributed by atoms with Crippen LogP contribution in [0.1, 0.15) is 46.5 Å². The molecule has 3 N–H and O–H groups in total. The van der Waals surface area contributed by atoms with Crippen molar-refractivity contribution < 1.29 is 23.5 Å². The lowest BCUT2D eigenvalue weighted by Crippen LogP contribution is -2.31. The van der Waals surface area contributed by atoms with Crippen LogP contribution in [0.4, 0.5) is 15.8 Å². The highest BCUT2D eigenvalue weighted by atomic mass is 79.9. The van der Waals surface area contributed by atoms with Gasteiger partial charge in [0.1, 0.15) is 22.5 Å². The number of amides is 3. The Bertz CT molecular complexity index is 1940. The molecule has 254 valence electrons. The number of unbranched alkanes of at least 4 members (excludes halogenated alkanes) is 1. The van der Waals surface area contributed by atoms with Crippen LogP contribution in [0.25, 0.3) is 6.08 Å². The number of thioether (sulfide) groups is 1. The maximum Gasteiger partial charge on any atom is 0.272 e. The number of rotatable bonds is 14. The zero-order chi connectivity index (χ0) is 35.3. The summed E-state index contributed by atoms with van der Waals surface area (Å²) in [5.74, 6) is -1.49. The largest absolute Gasteiger partial charge is 0.494 e. The Morgan fingerprint density at radius 1 is 0.800 bits per heavy atom. The van der Waals surface area contributed by atoms with Gasteiger partial charge in [-0.2, -0.15) is 0 Å². The minimum Gasteiger partial charge on any atom is -0.494 e. The van der Waals surface area contributed by atoms with E-state index in [2.05, 4.69) is 38.8 Å². The third kappa shape index (κ3) is 10.4. The van der Waals surface area contributed by atoms with E-state index >= 15 is 0 Å². The summed E-state index contributed by atoms with van der Waals surface area (Å²) >= 11 is 4.76. The first-order valence-electron chi connectivity index (χ1n) is 16.0. The zero-order valence-corrected chi connectivity index (χ0v) is 29.6. The SMILES string of the molecule is CCCCOc1ccc(NC(=O)[C@H](Sc2ccc(NC(=O)/C(=C/c3ccc(Br)cc3)NC(=O)c3ccccc3F)cc2)c2ccccc2)cc1. The highest BCUT2D eigenvalue weighted by Crippen LogP contribution is 2.37. The number of benzene rings is 5. The molecule has 0 saturated heterocycles. The molecule has 5 aromatic rings. The molecule has 1 atom stereocenters. The third-order valence-corrected chi connectivity index (χ3v) is 9.18. The molecule has 0 radical (unpaired) electrons. The molecule has 5 aromatic carbocycles. The van der Waals surface area contributed by atoms with E-state index in [1.807, 2.05) is 66.7 Å². The summed E-state index contributed by atoms with van der Waals surface area (Å²) in [6, 6.07) is 36.6. The molecule has 0 fully saturated rings. The molecule has 0 unspecified atom stereocenters. The van der Waals surface area contributed by atoms with E-state index in [1.165, 1.54) is 36.0 Å². The van der Waals surface area contributed by atoms with Crippen LogP contribution < -0.4 is 20.7 Å². The van der Waals surface area contributed by atoms with Gasteiger partial charge in [-0.15, -0.1) is 11.8 Å². The van der Waals surface area contributed by atoms with Crippen molar-refractivity contribution in [2.24, 2.45) is 0 Å². The van der Waals surface area contributed by atoms with Crippen molar-refractivity contribution in [1.29, 1.82) is 0 Å². The van der Waals surface area contributed by atoms with Crippen LogP contribution in [0.15, 0.2) is 142 Å². The van der Waals surface area contributed by atoms with E-state index in [-0.39, 0.29) is 17.2 Å². The summed E-state index contributed by atoms with van der Waals surface area (Å²) in [7, 11) is 0. The summed E-state index contributed by atoms with van der Waals surface area (Å²) in [6.07, 6.45) is 3.54. The molecule has 0 saturated carbocycles. The van der Waals surface area contributed by atoms with Crippen molar-refractivity contribution >= 4 is 62.9 Å². The van der Waals surface area contributed by atoms with Gasteiger partial charge in [0.25, 0.3) is 11.8 Å². The maximum absolute atomic E-state index is 14.3. The summed E-state index contributed by atoms with van der Waals surface area (Å²) in [4.78, 5) is 40.8. The average molecular weight is 753 g/mol. The fourth-order valence-corrected chi connectivity index (χ4v) is 6.04. The summed E-state index contributed by atoms with van der Waals surface area (Å²) in [5.41, 5.74) is 2.35. The number of hydrogen-bond donors (Lipinski definition) is 3. The van der Waals surface area contributed by atoms with Gasteiger partial charge >= 0.3 is 0 Å². The van der Waals surface area contributed by atoms with Crippen molar-refractivity contribution in [2.45, 2.75) is 29.9 Å². The van der Waals surface area contributed by atoms with E-state index in [0.29, 0.717) is 23.5 Å². The molecule has 0 aliphatic rings. The Hall–Kier alpha value is -5.19. The fraction of sp³-hybridized carbons (Fsp3) is 0.125. The minimum atomic E-state index is -0.755. The van der Waals surface area contributed by atoms with E-state index < -0.39 is 22.9 Å². The zero-order valence-electron chi connectivity index (χ0n) is 27.2. The molecule has 5 rings (SSSR count). The van der Waals surface area contributed by atoms with Crippen molar-refractivity contribution in [2.75, 3.05) is 17.2 Å². The molecule has 0 heterocycles. The van der Waals surface area contributed by atoms with E-state index in [9.17, 15) is 18.8 Å². The fourth-order valence-electron chi connectivity index (χ4n) is 4.75. The molecule has 0 bridgehead atoms. The van der Waals surface area contributed by atoms with Crippen molar-refractivity contribution in [1.82, 2.24) is 5.32 Å². The molecule has 10 heteroatoms. The summed E-state index contributed by atoms with van der Waals surface area (Å²) < 4.78 is 20.9. The number of ether oxygens (including phenoxy) is 1. The normalized spacial score (nSPS) is 11.7. The van der Waals surface area contributed by atoms with Crippen LogP contribution in [-0.2, 0) is 9.59 Å². The number of carbonyl (C=O) groups is 3. The van der Waals surface area contributed by atoms with Gasteiger partial charge in [0, 0.05) is 20.7 Å². The Kier molecular flexibility index (Phi) is 13.0. The maximum atomic E-state index is 14.3. The predicted molar refractivity (Wildman–Crippen MR) is 202 cm³/mol. The van der Waals surface area contributed by atoms with Gasteiger partial charge in [-0.25, -0.2) is 4.39 Å². The first-order valence-corrected chi connectivity index (χ1v) is 17.7. The number of carbonyl (C=O) groups excluding carboxylic acids is 3. The quantitative estimate of drug-likeness (QED) is 0.0597. The number of anilines is 2. The molecular formula is C40H35BrFN3O4S. The molecule has 3 amide bonds. The molecule has 0 aliphatic heterocycles. The van der Waals surface area contributed by atoms with Gasteiger partial charge in [0.05, 0.1) is 12.2 Å². The van der Waals surface area contributed by atoms with Gasteiger partial charge < -0.3 is 20.7 Å². The van der Waals surface area contributed by atoms with E-state index in [4.69, 9.17) is 4.74 Å². The van der Waals surface area contributed by atoms with Gasteiger partial charge in [-0.1, -0.05) is 83.9 Å². The van der Waals surface area contributed by atoms with Crippen LogP contribution in [0, 0.1) is 5.82 Å². The van der Waals surface area contributed by atoms with Crippen molar-refractivity contribution in [3.8, 4) is 5.75 Å². The van der Waals surface area contributed by atoms with Crippen molar-refractivity contribution in [3.05, 3.63) is 160 Å². The smallest absolute Gasteiger partial charge is 0.272 e. The first-order chi connectivity index (χ1) is 24.3. The highest BCUT2D eigenvalue weighted by molar-refractivity contribution is 9.10. The topological polar surface area (TPSA) is 96.5 Å².